The van der Waals surface area contributed by atoms with Crippen LogP contribution in [0.1, 0.15) is 48.9 Å². The summed E-state index contributed by atoms with van der Waals surface area (Å²) in [4.78, 5) is 0. The highest BCUT2D eigenvalue weighted by Crippen LogP contribution is 2.38. The third-order valence-electron chi connectivity index (χ3n) is 4.59. The molecule has 1 aliphatic rings. The fourth-order valence-electron chi connectivity index (χ4n) is 2.85. The molecule has 124 valence electrons. The molecule has 2 heterocycles. The first kappa shape index (κ1) is 15.0. The third-order valence-corrected chi connectivity index (χ3v) is 4.59. The van der Waals surface area contributed by atoms with E-state index in [1.807, 2.05) is 6.20 Å². The predicted octanol–water partition coefficient (Wildman–Crippen LogP) is 2.12. The summed E-state index contributed by atoms with van der Waals surface area (Å²) >= 11 is 0. The first-order chi connectivity index (χ1) is 11.7. The van der Waals surface area contributed by atoms with Crippen LogP contribution in [0.15, 0.2) is 36.7 Å². The van der Waals surface area contributed by atoms with E-state index in [1.165, 1.54) is 18.4 Å². The highest BCUT2D eigenvalue weighted by atomic mass is 15.4. The quantitative estimate of drug-likeness (QED) is 0.752. The number of benzene rings is 1. The summed E-state index contributed by atoms with van der Waals surface area (Å²) < 4.78 is 3.88. The Morgan fingerprint density at radius 2 is 2.00 bits per heavy atom. The van der Waals surface area contributed by atoms with Crippen molar-refractivity contribution in [2.24, 2.45) is 7.05 Å². The minimum absolute atomic E-state index is 0.232. The van der Waals surface area contributed by atoms with Crippen LogP contribution in [-0.4, -0.2) is 29.8 Å². The van der Waals surface area contributed by atoms with Crippen molar-refractivity contribution >= 4 is 0 Å². The molecular weight excluding hydrogens is 302 g/mol. The molecule has 0 saturated heterocycles. The van der Waals surface area contributed by atoms with E-state index in [1.54, 1.807) is 10.9 Å². The summed E-state index contributed by atoms with van der Waals surface area (Å²) in [5, 5.41) is 20.0. The van der Waals surface area contributed by atoms with E-state index >= 15 is 0 Å². The number of hydrogen-bond acceptors (Lipinski definition) is 5. The lowest BCUT2D eigenvalue weighted by Gasteiger charge is -2.14. The highest BCUT2D eigenvalue weighted by molar-refractivity contribution is 5.34. The van der Waals surface area contributed by atoms with Gasteiger partial charge in [-0.05, 0) is 37.5 Å². The molecule has 0 bridgehead atoms. The molecule has 2 aromatic heterocycles. The monoisotopic (exact) mass is 323 g/mol. The molecule has 7 nitrogen and oxygen atoms in total. The van der Waals surface area contributed by atoms with Gasteiger partial charge in [0.2, 0.25) is 0 Å². The Bertz CT molecular complexity index is 800. The number of aromatic nitrogens is 6. The fraction of sp³-hybridized carbons (Fsp3) is 0.412. The highest BCUT2D eigenvalue weighted by Gasteiger charge is 2.29. The molecule has 1 aliphatic carbocycles. The zero-order chi connectivity index (χ0) is 16.5. The van der Waals surface area contributed by atoms with E-state index < -0.39 is 0 Å². The summed E-state index contributed by atoms with van der Waals surface area (Å²) in [7, 11) is 2.06. The standard InChI is InChI=1S/C17H21N7/c1-12(13-5-7-15(8-6-13)24-10-9-19-22-24)18-11-16-20-21-17(23(16)2)14-3-4-14/h5-10,12,14,18H,3-4,11H2,1-2H3/t12-/m0/s1. The number of nitrogens with one attached hydrogen (secondary N) is 1. The fourth-order valence-corrected chi connectivity index (χ4v) is 2.85. The Morgan fingerprint density at radius 1 is 1.21 bits per heavy atom. The molecule has 0 spiro atoms. The van der Waals surface area contributed by atoms with Gasteiger partial charge in [0.25, 0.3) is 0 Å². The van der Waals surface area contributed by atoms with Crippen molar-refractivity contribution in [3.63, 3.8) is 0 Å². The van der Waals surface area contributed by atoms with Crippen molar-refractivity contribution in [3.05, 3.63) is 53.9 Å². The Kier molecular flexibility index (Phi) is 3.86. The summed E-state index contributed by atoms with van der Waals surface area (Å²) in [6.07, 6.45) is 6.00. The van der Waals surface area contributed by atoms with Gasteiger partial charge in [0.1, 0.15) is 11.6 Å². The summed E-state index contributed by atoms with van der Waals surface area (Å²) in [6, 6.07) is 8.56. The Morgan fingerprint density at radius 3 is 2.67 bits per heavy atom. The van der Waals surface area contributed by atoms with E-state index in [4.69, 9.17) is 0 Å². The van der Waals surface area contributed by atoms with Gasteiger partial charge in [0, 0.05) is 19.0 Å². The Hall–Kier alpha value is -2.54. The Balaban J connectivity index is 1.40. The van der Waals surface area contributed by atoms with Crippen LogP contribution in [0.5, 0.6) is 0 Å². The lowest BCUT2D eigenvalue weighted by molar-refractivity contribution is 0.546. The minimum atomic E-state index is 0.232. The molecule has 1 N–H and O–H groups in total. The molecule has 3 aromatic rings. The average Bonchev–Trinajstić information content (AvgIpc) is 3.16. The number of nitrogens with zero attached hydrogens (tertiary/aromatic N) is 6. The first-order valence-corrected chi connectivity index (χ1v) is 8.30. The maximum Gasteiger partial charge on any atom is 0.146 e. The lowest BCUT2D eigenvalue weighted by Crippen LogP contribution is -2.20. The zero-order valence-corrected chi connectivity index (χ0v) is 13.9. The molecule has 1 fully saturated rings. The number of rotatable bonds is 6. The van der Waals surface area contributed by atoms with E-state index in [0.29, 0.717) is 12.5 Å². The van der Waals surface area contributed by atoms with E-state index in [2.05, 4.69) is 68.6 Å². The van der Waals surface area contributed by atoms with Crippen molar-refractivity contribution < 1.29 is 0 Å². The Labute approximate surface area is 140 Å². The molecule has 4 rings (SSSR count). The maximum atomic E-state index is 4.33. The molecule has 1 saturated carbocycles. The molecule has 24 heavy (non-hydrogen) atoms. The van der Waals surface area contributed by atoms with Crippen LogP contribution in [0.3, 0.4) is 0 Å². The minimum Gasteiger partial charge on any atom is -0.317 e. The van der Waals surface area contributed by atoms with Crippen molar-refractivity contribution in [1.29, 1.82) is 0 Å². The van der Waals surface area contributed by atoms with E-state index in [-0.39, 0.29) is 6.04 Å². The van der Waals surface area contributed by atoms with Crippen LogP contribution >= 0.6 is 0 Å². The smallest absolute Gasteiger partial charge is 0.146 e. The first-order valence-electron chi connectivity index (χ1n) is 8.30. The second kappa shape index (κ2) is 6.16. The van der Waals surface area contributed by atoms with E-state index in [0.717, 1.165) is 17.3 Å². The van der Waals surface area contributed by atoms with Gasteiger partial charge >= 0.3 is 0 Å². The van der Waals surface area contributed by atoms with Crippen molar-refractivity contribution in [3.8, 4) is 5.69 Å². The molecule has 7 heteroatoms. The summed E-state index contributed by atoms with van der Waals surface area (Å²) in [5.41, 5.74) is 2.23. The van der Waals surface area contributed by atoms with Crippen LogP contribution in [-0.2, 0) is 13.6 Å². The molecule has 0 unspecified atom stereocenters. The van der Waals surface area contributed by atoms with Crippen LogP contribution in [0.4, 0.5) is 0 Å². The third kappa shape index (κ3) is 2.94. The second-order valence-electron chi connectivity index (χ2n) is 6.35. The van der Waals surface area contributed by atoms with Gasteiger partial charge in [-0.25, -0.2) is 4.68 Å². The SMILES string of the molecule is C[C@H](NCc1nnc(C2CC2)n1C)c1ccc(-n2ccnn2)cc1. The average molecular weight is 323 g/mol. The largest absolute Gasteiger partial charge is 0.317 e. The summed E-state index contributed by atoms with van der Waals surface area (Å²) in [6.45, 7) is 2.87. The van der Waals surface area contributed by atoms with Gasteiger partial charge in [0.05, 0.1) is 24.6 Å². The van der Waals surface area contributed by atoms with Crippen molar-refractivity contribution in [2.45, 2.75) is 38.3 Å². The van der Waals surface area contributed by atoms with Crippen LogP contribution in [0.25, 0.3) is 5.69 Å². The molecule has 0 aliphatic heterocycles. The van der Waals surface area contributed by atoms with Crippen molar-refractivity contribution in [1.82, 2.24) is 35.1 Å². The summed E-state index contributed by atoms with van der Waals surface area (Å²) in [5.74, 6) is 2.73. The molecule has 1 aromatic carbocycles. The predicted molar refractivity (Wildman–Crippen MR) is 89.6 cm³/mol. The normalized spacial score (nSPS) is 15.6. The van der Waals surface area contributed by atoms with Crippen LogP contribution in [0, 0.1) is 0 Å². The van der Waals surface area contributed by atoms with Gasteiger partial charge in [-0.1, -0.05) is 17.3 Å². The van der Waals surface area contributed by atoms with Gasteiger partial charge in [-0.2, -0.15) is 0 Å². The molecule has 0 amide bonds. The van der Waals surface area contributed by atoms with Gasteiger partial charge in [-0.15, -0.1) is 15.3 Å². The number of hydrogen-bond donors (Lipinski definition) is 1. The van der Waals surface area contributed by atoms with Crippen molar-refractivity contribution in [2.75, 3.05) is 0 Å². The molecular formula is C17H21N7. The van der Waals surface area contributed by atoms with Crippen LogP contribution < -0.4 is 5.32 Å². The lowest BCUT2D eigenvalue weighted by atomic mass is 10.1. The second-order valence-corrected chi connectivity index (χ2v) is 6.35. The molecule has 0 radical (unpaired) electrons. The van der Waals surface area contributed by atoms with Gasteiger partial charge < -0.3 is 9.88 Å². The topological polar surface area (TPSA) is 73.5 Å². The maximum absolute atomic E-state index is 4.33. The van der Waals surface area contributed by atoms with E-state index in [9.17, 15) is 0 Å². The molecule has 1 atom stereocenters. The van der Waals surface area contributed by atoms with Crippen LogP contribution in [0.2, 0.25) is 0 Å². The van der Waals surface area contributed by atoms with Gasteiger partial charge in [0.15, 0.2) is 0 Å². The zero-order valence-electron chi connectivity index (χ0n) is 13.9. The van der Waals surface area contributed by atoms with Gasteiger partial charge in [-0.3, -0.25) is 0 Å².